The molecule has 0 N–H and O–H groups in total. The van der Waals surface area contributed by atoms with Crippen LogP contribution in [-0.2, 0) is 13.2 Å². The number of piperazine rings is 1. The average molecular weight is 485 g/mol. The summed E-state index contributed by atoms with van der Waals surface area (Å²) in [6.07, 6.45) is 0. The molecule has 172 valence electrons. The van der Waals surface area contributed by atoms with Gasteiger partial charge in [0.05, 0.1) is 12.1 Å². The lowest BCUT2D eigenvalue weighted by Crippen LogP contribution is -2.48. The van der Waals surface area contributed by atoms with E-state index in [-0.39, 0.29) is 12.4 Å². The van der Waals surface area contributed by atoms with Crippen molar-refractivity contribution in [2.75, 3.05) is 33.3 Å². The lowest BCUT2D eigenvalue weighted by Gasteiger charge is -2.36. The number of ether oxygens (including phenoxy) is 2. The van der Waals surface area contributed by atoms with E-state index in [4.69, 9.17) is 33.3 Å². The third kappa shape index (κ3) is 6.02. The molecule has 0 saturated carbocycles. The van der Waals surface area contributed by atoms with Crippen LogP contribution >= 0.6 is 23.8 Å². The van der Waals surface area contributed by atoms with Gasteiger partial charge in [-0.25, -0.2) is 4.39 Å². The summed E-state index contributed by atoms with van der Waals surface area (Å²) in [5.74, 6) is 0.681. The molecule has 0 aliphatic carbocycles. The van der Waals surface area contributed by atoms with Crippen molar-refractivity contribution in [3.63, 3.8) is 0 Å². The second-order valence-electron chi connectivity index (χ2n) is 7.96. The minimum absolute atomic E-state index is 0.253. The number of benzene rings is 3. The Morgan fingerprint density at radius 1 is 0.970 bits per heavy atom. The molecule has 33 heavy (non-hydrogen) atoms. The highest BCUT2D eigenvalue weighted by Gasteiger charge is 2.22. The summed E-state index contributed by atoms with van der Waals surface area (Å²) in [4.78, 5) is 5.40. The molecule has 3 aromatic rings. The molecule has 4 rings (SSSR count). The molecule has 0 bridgehead atoms. The van der Waals surface area contributed by atoms with Crippen molar-refractivity contribution >= 4 is 28.8 Å². The van der Waals surface area contributed by atoms with Crippen molar-refractivity contribution in [3.05, 3.63) is 94.3 Å². The van der Waals surface area contributed by atoms with Crippen LogP contribution in [0.1, 0.15) is 16.7 Å². The number of nitrogens with zero attached hydrogens (tertiary/aromatic N) is 2. The largest absolute Gasteiger partial charge is 0.493 e. The summed E-state index contributed by atoms with van der Waals surface area (Å²) in [5.41, 5.74) is 2.99. The molecule has 7 heteroatoms. The summed E-state index contributed by atoms with van der Waals surface area (Å²) in [6, 6.07) is 20.3. The molecule has 1 aliphatic heterocycles. The maximum absolute atomic E-state index is 13.1. The Morgan fingerprint density at radius 2 is 1.67 bits per heavy atom. The predicted octanol–water partition coefficient (Wildman–Crippen LogP) is 5.56. The van der Waals surface area contributed by atoms with E-state index in [1.54, 1.807) is 19.2 Å². The molecule has 0 unspecified atom stereocenters. The number of methoxy groups -OCH3 is 1. The fourth-order valence-electron chi connectivity index (χ4n) is 3.85. The molecular formula is C26H26ClFN2O2S. The highest BCUT2D eigenvalue weighted by atomic mass is 35.5. The van der Waals surface area contributed by atoms with Crippen LogP contribution < -0.4 is 9.47 Å². The summed E-state index contributed by atoms with van der Waals surface area (Å²) < 4.78 is 24.6. The summed E-state index contributed by atoms with van der Waals surface area (Å²) >= 11 is 12.3. The number of rotatable bonds is 7. The molecule has 0 atom stereocenters. The van der Waals surface area contributed by atoms with Crippen molar-refractivity contribution in [1.82, 2.24) is 9.80 Å². The molecule has 1 fully saturated rings. The van der Waals surface area contributed by atoms with Crippen LogP contribution in [0.5, 0.6) is 11.5 Å². The second-order valence-corrected chi connectivity index (χ2v) is 8.75. The Bertz CT molecular complexity index is 1090. The fraction of sp³-hybridized carbons (Fsp3) is 0.269. The van der Waals surface area contributed by atoms with Gasteiger partial charge in [0.1, 0.15) is 17.4 Å². The minimum atomic E-state index is -0.284. The van der Waals surface area contributed by atoms with Crippen molar-refractivity contribution in [1.29, 1.82) is 0 Å². The van der Waals surface area contributed by atoms with Crippen LogP contribution in [0.4, 0.5) is 4.39 Å². The Morgan fingerprint density at radius 3 is 2.33 bits per heavy atom. The summed E-state index contributed by atoms with van der Waals surface area (Å²) in [5, 5.41) is 0.427. The number of halogens is 2. The van der Waals surface area contributed by atoms with Gasteiger partial charge in [-0.2, -0.15) is 0 Å². The van der Waals surface area contributed by atoms with Gasteiger partial charge in [-0.1, -0.05) is 66.3 Å². The average Bonchev–Trinajstić information content (AvgIpc) is 2.84. The zero-order valence-corrected chi connectivity index (χ0v) is 20.0. The first-order valence-corrected chi connectivity index (χ1v) is 11.6. The first-order chi connectivity index (χ1) is 16.0. The smallest absolute Gasteiger partial charge is 0.180 e. The van der Waals surface area contributed by atoms with Crippen LogP contribution in [0, 0.1) is 5.82 Å². The molecular weight excluding hydrogens is 459 g/mol. The SMILES string of the molecule is COc1cc(C(=S)N2CCN(Cc3ccccc3)CC2)cc(Cl)c1OCc1ccc(F)cc1. The van der Waals surface area contributed by atoms with E-state index < -0.39 is 0 Å². The highest BCUT2D eigenvalue weighted by Crippen LogP contribution is 2.37. The van der Waals surface area contributed by atoms with Gasteiger partial charge >= 0.3 is 0 Å². The topological polar surface area (TPSA) is 24.9 Å². The minimum Gasteiger partial charge on any atom is -0.493 e. The Hall–Kier alpha value is -2.67. The van der Waals surface area contributed by atoms with E-state index in [9.17, 15) is 4.39 Å². The van der Waals surface area contributed by atoms with Crippen LogP contribution in [-0.4, -0.2) is 48.1 Å². The van der Waals surface area contributed by atoms with E-state index in [2.05, 4.69) is 34.1 Å². The van der Waals surface area contributed by atoms with E-state index in [1.807, 2.05) is 18.2 Å². The number of hydrogen-bond acceptors (Lipinski definition) is 4. The monoisotopic (exact) mass is 484 g/mol. The van der Waals surface area contributed by atoms with Crippen molar-refractivity contribution in [3.8, 4) is 11.5 Å². The molecule has 1 aliphatic rings. The van der Waals surface area contributed by atoms with Crippen LogP contribution in [0.25, 0.3) is 0 Å². The van der Waals surface area contributed by atoms with E-state index in [0.717, 1.165) is 48.8 Å². The van der Waals surface area contributed by atoms with Crippen molar-refractivity contribution < 1.29 is 13.9 Å². The number of thiocarbonyl (C=S) groups is 1. The molecule has 0 aromatic heterocycles. The molecule has 3 aromatic carbocycles. The fourth-order valence-corrected chi connectivity index (χ4v) is 4.42. The first-order valence-electron chi connectivity index (χ1n) is 10.8. The summed E-state index contributed by atoms with van der Waals surface area (Å²) in [6.45, 7) is 4.80. The predicted molar refractivity (Wildman–Crippen MR) is 134 cm³/mol. The second kappa shape index (κ2) is 11.0. The Labute approximate surface area is 204 Å². The van der Waals surface area contributed by atoms with Gasteiger partial charge in [0.15, 0.2) is 11.5 Å². The van der Waals surface area contributed by atoms with Gasteiger partial charge in [0.2, 0.25) is 0 Å². The molecule has 0 amide bonds. The zero-order chi connectivity index (χ0) is 23.2. The van der Waals surface area contributed by atoms with Crippen molar-refractivity contribution in [2.24, 2.45) is 0 Å². The van der Waals surface area contributed by atoms with E-state index in [1.165, 1.54) is 17.7 Å². The van der Waals surface area contributed by atoms with Gasteiger partial charge in [-0.05, 0) is 35.4 Å². The van der Waals surface area contributed by atoms with E-state index >= 15 is 0 Å². The van der Waals surface area contributed by atoms with Crippen molar-refractivity contribution in [2.45, 2.75) is 13.2 Å². The molecule has 0 radical (unpaired) electrons. The van der Waals surface area contributed by atoms with Gasteiger partial charge in [0.25, 0.3) is 0 Å². The van der Waals surface area contributed by atoms with Crippen LogP contribution in [0.2, 0.25) is 5.02 Å². The number of hydrogen-bond donors (Lipinski definition) is 0. The molecule has 1 heterocycles. The van der Waals surface area contributed by atoms with Gasteiger partial charge in [-0.3, -0.25) is 4.90 Å². The maximum Gasteiger partial charge on any atom is 0.180 e. The zero-order valence-electron chi connectivity index (χ0n) is 18.5. The molecule has 1 saturated heterocycles. The summed E-state index contributed by atoms with van der Waals surface area (Å²) in [7, 11) is 1.57. The lowest BCUT2D eigenvalue weighted by molar-refractivity contribution is 0.177. The lowest BCUT2D eigenvalue weighted by atomic mass is 10.1. The van der Waals surface area contributed by atoms with Gasteiger partial charge in [-0.15, -0.1) is 0 Å². The highest BCUT2D eigenvalue weighted by molar-refractivity contribution is 7.80. The van der Waals surface area contributed by atoms with Crippen LogP contribution in [0.3, 0.4) is 0 Å². The Balaban J connectivity index is 1.39. The van der Waals surface area contributed by atoms with E-state index in [0.29, 0.717) is 16.5 Å². The Kier molecular flexibility index (Phi) is 7.81. The third-order valence-corrected chi connectivity index (χ3v) is 6.46. The van der Waals surface area contributed by atoms with Crippen LogP contribution in [0.15, 0.2) is 66.7 Å². The third-order valence-electron chi connectivity index (χ3n) is 5.68. The standard InChI is InChI=1S/C26H26ClFN2O2S/c1-31-24-16-21(15-23(27)25(24)32-18-20-7-9-22(28)10-8-20)26(33)30-13-11-29(12-14-30)17-19-5-3-2-4-6-19/h2-10,15-16H,11-14,17-18H2,1H3. The quantitative estimate of drug-likeness (QED) is 0.409. The maximum atomic E-state index is 13.1. The van der Waals surface area contributed by atoms with Gasteiger partial charge < -0.3 is 14.4 Å². The molecule has 4 nitrogen and oxygen atoms in total. The first kappa shape index (κ1) is 23.5. The normalized spacial score (nSPS) is 14.2. The molecule has 0 spiro atoms. The van der Waals surface area contributed by atoms with Gasteiger partial charge in [0, 0.05) is 38.3 Å².